The molecule has 4 aliphatic rings. The van der Waals surface area contributed by atoms with Crippen LogP contribution in [-0.2, 0) is 47.7 Å². The van der Waals surface area contributed by atoms with E-state index in [4.69, 9.17) is 23.7 Å². The van der Waals surface area contributed by atoms with Crippen LogP contribution >= 0.6 is 0 Å². The van der Waals surface area contributed by atoms with E-state index in [9.17, 15) is 39.3 Å². The van der Waals surface area contributed by atoms with E-state index in [0.717, 1.165) is 13.8 Å². The van der Waals surface area contributed by atoms with E-state index in [-0.39, 0.29) is 29.7 Å². The Kier molecular flexibility index (Phi) is 11.8. The molecule has 15 heteroatoms. The van der Waals surface area contributed by atoms with Crippen molar-refractivity contribution in [3.8, 4) is 0 Å². The number of aliphatic hydroxyl groups excluding tert-OH is 2. The quantitative estimate of drug-likeness (QED) is 0.117. The number of nitrogens with one attached hydrogen (secondary N) is 1. The molecule has 15 nitrogen and oxygen atoms in total. The van der Waals surface area contributed by atoms with Crippen molar-refractivity contribution in [2.75, 3.05) is 6.61 Å². The molecule has 0 radical (unpaired) electrons. The number of carbonyl (C=O) groups excluding carboxylic acids is 6. The number of benzene rings is 2. The van der Waals surface area contributed by atoms with Crippen molar-refractivity contribution in [3.05, 3.63) is 95.1 Å². The third kappa shape index (κ3) is 7.27. The van der Waals surface area contributed by atoms with Crippen LogP contribution in [0.2, 0.25) is 0 Å². The molecule has 1 aliphatic heterocycles. The van der Waals surface area contributed by atoms with Gasteiger partial charge in [0.1, 0.15) is 23.9 Å². The van der Waals surface area contributed by atoms with Crippen LogP contribution in [-0.4, -0.2) is 105 Å². The molecule has 4 N–H and O–H groups in total. The van der Waals surface area contributed by atoms with Gasteiger partial charge in [0.2, 0.25) is 5.91 Å². The van der Waals surface area contributed by atoms with Gasteiger partial charge in [-0.25, -0.2) is 9.59 Å². The third-order valence-electron chi connectivity index (χ3n) is 12.8. The molecule has 2 bridgehead atoms. The number of hydrogen-bond donors (Lipinski definition) is 4. The molecule has 0 aromatic heterocycles. The molecular formula is C44H51NO14. The van der Waals surface area contributed by atoms with Crippen molar-refractivity contribution in [2.24, 2.45) is 16.7 Å². The fraction of sp³-hybridized carbons (Fsp3) is 0.500. The van der Waals surface area contributed by atoms with Crippen LogP contribution in [0.15, 0.2) is 84.0 Å². The van der Waals surface area contributed by atoms with Crippen LogP contribution in [0.1, 0.15) is 83.3 Å². The minimum absolute atomic E-state index is 0.000823. The zero-order chi connectivity index (χ0) is 43.2. The van der Waals surface area contributed by atoms with Gasteiger partial charge < -0.3 is 44.3 Å². The van der Waals surface area contributed by atoms with Crippen molar-refractivity contribution < 1.29 is 67.8 Å². The first-order valence-electron chi connectivity index (χ1n) is 19.5. The summed E-state index contributed by atoms with van der Waals surface area (Å²) in [5, 5.41) is 39.8. The van der Waals surface area contributed by atoms with E-state index in [0.29, 0.717) is 5.56 Å². The fourth-order valence-corrected chi connectivity index (χ4v) is 9.72. The number of amides is 1. The van der Waals surface area contributed by atoms with Crippen LogP contribution in [0.3, 0.4) is 0 Å². The van der Waals surface area contributed by atoms with Crippen molar-refractivity contribution in [3.63, 3.8) is 0 Å². The highest BCUT2D eigenvalue weighted by Gasteiger charge is 2.78. The Labute approximate surface area is 341 Å². The van der Waals surface area contributed by atoms with Gasteiger partial charge in [-0.1, -0.05) is 68.5 Å². The van der Waals surface area contributed by atoms with E-state index in [1.165, 1.54) is 38.1 Å². The Morgan fingerprint density at radius 3 is 2.12 bits per heavy atom. The number of ether oxygens (including phenoxy) is 5. The molecule has 316 valence electrons. The molecule has 6 rings (SSSR count). The lowest BCUT2D eigenvalue weighted by Crippen LogP contribution is -2.82. The predicted octanol–water partition coefficient (Wildman–Crippen LogP) is 3.00. The van der Waals surface area contributed by atoms with Crippen molar-refractivity contribution >= 4 is 35.6 Å². The summed E-state index contributed by atoms with van der Waals surface area (Å²) in [4.78, 5) is 82.3. The first-order chi connectivity index (χ1) is 27.7. The van der Waals surface area contributed by atoms with Crippen LogP contribution in [0.5, 0.6) is 0 Å². The van der Waals surface area contributed by atoms with Crippen LogP contribution in [0.4, 0.5) is 0 Å². The summed E-state index contributed by atoms with van der Waals surface area (Å²) >= 11 is 0. The van der Waals surface area contributed by atoms with Gasteiger partial charge >= 0.3 is 23.9 Å². The normalized spacial score (nSPS) is 33.1. The van der Waals surface area contributed by atoms with Crippen LogP contribution < -0.4 is 5.32 Å². The molecule has 3 aliphatic carbocycles. The zero-order valence-electron chi connectivity index (χ0n) is 34.0. The number of Topliss-reactive ketones (excluding diaryl/α,β-unsaturated/α-hetero) is 1. The molecule has 0 spiro atoms. The van der Waals surface area contributed by atoms with E-state index < -0.39 is 113 Å². The Morgan fingerprint density at radius 2 is 1.56 bits per heavy atom. The summed E-state index contributed by atoms with van der Waals surface area (Å²) in [5.41, 5.74) is -7.22. The lowest BCUT2D eigenvalue weighted by Gasteiger charge is -2.67. The topological polar surface area (TPSA) is 221 Å². The molecule has 3 fully saturated rings. The average molecular weight is 818 g/mol. The first kappa shape index (κ1) is 43.4. The number of carbonyl (C=O) groups is 6. The van der Waals surface area contributed by atoms with Gasteiger partial charge in [-0.3, -0.25) is 19.2 Å². The number of aliphatic hydroxyl groups is 3. The summed E-state index contributed by atoms with van der Waals surface area (Å²) in [6.07, 6.45) is -7.73. The molecule has 1 amide bonds. The van der Waals surface area contributed by atoms with Crippen molar-refractivity contribution in [1.29, 1.82) is 0 Å². The van der Waals surface area contributed by atoms with Crippen LogP contribution in [0.25, 0.3) is 0 Å². The Morgan fingerprint density at radius 1 is 0.932 bits per heavy atom. The monoisotopic (exact) mass is 817 g/mol. The summed E-state index contributed by atoms with van der Waals surface area (Å²) in [6.45, 7) is 9.59. The maximum Gasteiger partial charge on any atom is 0.338 e. The van der Waals surface area contributed by atoms with Gasteiger partial charge in [0.25, 0.3) is 0 Å². The number of hydrogen-bond acceptors (Lipinski definition) is 14. The lowest BCUT2D eigenvalue weighted by molar-refractivity contribution is -0.346. The summed E-state index contributed by atoms with van der Waals surface area (Å²) < 4.78 is 30.1. The molecule has 2 saturated carbocycles. The Hall–Kier alpha value is -5.22. The molecular weight excluding hydrogens is 766 g/mol. The van der Waals surface area contributed by atoms with Gasteiger partial charge in [0.05, 0.1) is 35.6 Å². The maximum absolute atomic E-state index is 15.4. The van der Waals surface area contributed by atoms with Crippen molar-refractivity contribution in [1.82, 2.24) is 5.32 Å². The second-order valence-corrected chi connectivity index (χ2v) is 16.5. The molecule has 11 atom stereocenters. The third-order valence-corrected chi connectivity index (χ3v) is 12.8. The number of rotatable bonds is 10. The highest BCUT2D eigenvalue weighted by Crippen LogP contribution is 2.64. The number of ketones is 1. The summed E-state index contributed by atoms with van der Waals surface area (Å²) in [7, 11) is 0. The largest absolute Gasteiger partial charge is 0.456 e. The van der Waals surface area contributed by atoms with Gasteiger partial charge in [0.15, 0.2) is 23.6 Å². The summed E-state index contributed by atoms with van der Waals surface area (Å²) in [6, 6.07) is 14.8. The second-order valence-electron chi connectivity index (χ2n) is 16.5. The number of fused-ring (bicyclic) bond motifs is 5. The number of esters is 4. The van der Waals surface area contributed by atoms with Gasteiger partial charge in [-0.05, 0) is 55.7 Å². The van der Waals surface area contributed by atoms with Gasteiger partial charge in [-0.15, -0.1) is 0 Å². The van der Waals surface area contributed by atoms with Crippen molar-refractivity contribution in [2.45, 2.75) is 115 Å². The van der Waals surface area contributed by atoms with E-state index >= 15 is 4.79 Å². The molecule has 2 unspecified atom stereocenters. The second kappa shape index (κ2) is 16.1. The van der Waals surface area contributed by atoms with Gasteiger partial charge in [-0.2, -0.15) is 0 Å². The summed E-state index contributed by atoms with van der Waals surface area (Å²) in [5.74, 6) is -6.83. The zero-order valence-corrected chi connectivity index (χ0v) is 34.0. The smallest absolute Gasteiger partial charge is 0.338 e. The molecule has 2 aromatic carbocycles. The number of allylic oxidation sites excluding steroid dienone is 1. The molecule has 59 heavy (non-hydrogen) atoms. The van der Waals surface area contributed by atoms with Crippen LogP contribution in [0, 0.1) is 16.7 Å². The fourth-order valence-electron chi connectivity index (χ4n) is 9.72. The molecule has 2 aromatic rings. The Bertz CT molecular complexity index is 2060. The van der Waals surface area contributed by atoms with E-state index in [1.807, 2.05) is 0 Å². The standard InChI is InChI=1S/C44H51NO14/c1-8-15-31(49)45-33(26-16-11-9-12-17-26)34(50)40(53)57-28-21-44(54)38(58-39(52)27-18-13-10-14-19-27)36-42(7,29(48)20-30-43(36,22-55-30)59-25(4)47)37(51)35(56-24(3)46)32(23(28)2)41(44,5)6/h8-19,28-30,33-36,38,48,50,54H,20-22H2,1-7H3,(H,45,49)/b15-8+/t28-,29-,30+,33-,34+,35+,36?,38?,42+,43-,44+/m0/s1. The minimum atomic E-state index is -2.38. The predicted molar refractivity (Wildman–Crippen MR) is 207 cm³/mol. The highest BCUT2D eigenvalue weighted by atomic mass is 16.6. The van der Waals surface area contributed by atoms with Gasteiger partial charge in [0, 0.05) is 32.1 Å². The SMILES string of the molecule is C/C=C/C(=O)N[C@@H](c1ccccc1)[C@@H](O)C(=O)O[C@H]1C[C@@]2(O)C(OC(=O)c3ccccc3)C3[C@](C)(C(=O)[C@H](OC(C)=O)C(=C1C)C2(C)C)[C@@H](O)C[C@H]1OC[C@@]31OC(C)=O. The molecule has 1 saturated heterocycles. The Balaban J connectivity index is 1.56. The average Bonchev–Trinajstić information content (AvgIpc) is 3.18. The minimum Gasteiger partial charge on any atom is -0.456 e. The van der Waals surface area contributed by atoms with E-state index in [2.05, 4.69) is 5.32 Å². The molecule has 1 heterocycles. The highest BCUT2D eigenvalue weighted by molar-refractivity contribution is 5.95. The first-order valence-corrected chi connectivity index (χ1v) is 19.5. The lowest BCUT2D eigenvalue weighted by atomic mass is 9.44. The van der Waals surface area contributed by atoms with E-state index in [1.54, 1.807) is 69.3 Å². The maximum atomic E-state index is 15.4.